The second-order valence-corrected chi connectivity index (χ2v) is 7.68. The van der Waals surface area contributed by atoms with Crippen molar-refractivity contribution in [2.75, 3.05) is 11.9 Å². The van der Waals surface area contributed by atoms with Crippen molar-refractivity contribution < 1.29 is 23.1 Å². The van der Waals surface area contributed by atoms with Crippen LogP contribution in [0.4, 0.5) is 14.8 Å². The summed E-state index contributed by atoms with van der Waals surface area (Å²) in [5.41, 5.74) is 3.58. The van der Waals surface area contributed by atoms with Crippen molar-refractivity contribution in [3.05, 3.63) is 59.3 Å². The van der Waals surface area contributed by atoms with Gasteiger partial charge in [0, 0.05) is 35.8 Å². The van der Waals surface area contributed by atoms with E-state index in [-0.39, 0.29) is 24.2 Å². The Hall–Kier alpha value is -3.42. The summed E-state index contributed by atoms with van der Waals surface area (Å²) < 4.78 is 35.0. The fraction of sp³-hybridized carbons (Fsp3) is 0.273. The van der Waals surface area contributed by atoms with Crippen molar-refractivity contribution in [1.82, 2.24) is 9.55 Å². The quantitative estimate of drug-likeness (QED) is 0.547. The highest BCUT2D eigenvalue weighted by atomic mass is 19.1. The molecule has 6 nitrogen and oxygen atoms in total. The number of rotatable bonds is 4. The fourth-order valence-electron chi connectivity index (χ4n) is 4.45. The summed E-state index contributed by atoms with van der Waals surface area (Å²) in [5, 5.41) is 10.1. The molecule has 30 heavy (non-hydrogen) atoms. The molecule has 2 aromatic carbocycles. The molecule has 1 unspecified atom stereocenters. The topological polar surface area (TPSA) is 71.5 Å². The number of carboxylic acid groups (broad SMARTS) is 1. The van der Waals surface area contributed by atoms with Crippen LogP contribution in [0, 0.1) is 11.6 Å². The predicted molar refractivity (Wildman–Crippen MR) is 108 cm³/mol. The molecule has 1 aliphatic carbocycles. The minimum atomic E-state index is -0.933. The Bertz CT molecular complexity index is 1290. The SMILES string of the molecule is CN(c1nc2cc(F)ccc2o1)C1CCc2c(c3cc(F)ccc3n2CC(=O)O)C1. The Morgan fingerprint density at radius 3 is 2.83 bits per heavy atom. The van der Waals surface area contributed by atoms with Crippen LogP contribution >= 0.6 is 0 Å². The number of hydrogen-bond acceptors (Lipinski definition) is 4. The van der Waals surface area contributed by atoms with Gasteiger partial charge in [0.15, 0.2) is 5.58 Å². The molecule has 1 atom stereocenters. The summed E-state index contributed by atoms with van der Waals surface area (Å²) in [7, 11) is 1.87. The van der Waals surface area contributed by atoms with E-state index >= 15 is 0 Å². The van der Waals surface area contributed by atoms with Crippen LogP contribution < -0.4 is 4.90 Å². The number of oxazole rings is 1. The molecule has 0 aliphatic heterocycles. The molecule has 0 saturated heterocycles. The highest BCUT2D eigenvalue weighted by molar-refractivity contribution is 5.87. The average Bonchev–Trinajstić information content (AvgIpc) is 3.26. The molecule has 0 amide bonds. The monoisotopic (exact) mass is 411 g/mol. The van der Waals surface area contributed by atoms with Crippen LogP contribution in [-0.4, -0.2) is 33.7 Å². The summed E-state index contributed by atoms with van der Waals surface area (Å²) in [6.07, 6.45) is 2.02. The molecule has 0 radical (unpaired) electrons. The van der Waals surface area contributed by atoms with Crippen molar-refractivity contribution in [1.29, 1.82) is 0 Å². The van der Waals surface area contributed by atoms with Gasteiger partial charge >= 0.3 is 5.97 Å². The van der Waals surface area contributed by atoms with Gasteiger partial charge in [0.1, 0.15) is 23.7 Å². The zero-order valence-electron chi connectivity index (χ0n) is 16.2. The fourth-order valence-corrected chi connectivity index (χ4v) is 4.45. The van der Waals surface area contributed by atoms with Crippen LogP contribution in [0.3, 0.4) is 0 Å². The minimum Gasteiger partial charge on any atom is -0.480 e. The lowest BCUT2D eigenvalue weighted by molar-refractivity contribution is -0.137. The van der Waals surface area contributed by atoms with Crippen molar-refractivity contribution in [2.45, 2.75) is 31.8 Å². The van der Waals surface area contributed by atoms with E-state index in [0.717, 1.165) is 28.6 Å². The number of carbonyl (C=O) groups is 1. The molecule has 154 valence electrons. The third-order valence-corrected chi connectivity index (χ3v) is 5.88. The number of nitrogens with zero attached hydrogens (tertiary/aromatic N) is 3. The Kier molecular flexibility index (Phi) is 4.23. The van der Waals surface area contributed by atoms with Crippen LogP contribution in [0.2, 0.25) is 0 Å². The summed E-state index contributed by atoms with van der Waals surface area (Å²) >= 11 is 0. The molecule has 0 spiro atoms. The first-order valence-corrected chi connectivity index (χ1v) is 9.71. The van der Waals surface area contributed by atoms with E-state index in [0.29, 0.717) is 30.0 Å². The van der Waals surface area contributed by atoms with Gasteiger partial charge in [-0.25, -0.2) is 8.78 Å². The van der Waals surface area contributed by atoms with Gasteiger partial charge in [0.25, 0.3) is 6.01 Å². The Morgan fingerprint density at radius 1 is 1.27 bits per heavy atom. The first-order valence-electron chi connectivity index (χ1n) is 9.71. The Balaban J connectivity index is 1.52. The standard InChI is InChI=1S/C22H19F2N3O3/c1-26(22-25-17-9-13(24)3-7-20(17)30-22)14-4-6-19-16(10-14)15-8-12(23)2-5-18(15)27(19)11-21(28)29/h2-3,5,7-9,14H,4,6,10-11H2,1H3,(H,28,29). The summed E-state index contributed by atoms with van der Waals surface area (Å²) in [4.78, 5) is 17.7. The smallest absolute Gasteiger partial charge is 0.323 e. The van der Waals surface area contributed by atoms with E-state index in [1.54, 1.807) is 16.7 Å². The van der Waals surface area contributed by atoms with Crippen molar-refractivity contribution in [2.24, 2.45) is 0 Å². The number of aliphatic carboxylic acids is 1. The summed E-state index contributed by atoms with van der Waals surface area (Å²) in [5.74, 6) is -1.66. The molecular weight excluding hydrogens is 392 g/mol. The molecule has 2 heterocycles. The molecular formula is C22H19F2N3O3. The van der Waals surface area contributed by atoms with Crippen molar-refractivity contribution in [3.8, 4) is 0 Å². The van der Waals surface area contributed by atoms with E-state index < -0.39 is 5.97 Å². The number of halogens is 2. The molecule has 0 bridgehead atoms. The predicted octanol–water partition coefficient (Wildman–Crippen LogP) is 4.14. The zero-order valence-corrected chi connectivity index (χ0v) is 16.2. The largest absolute Gasteiger partial charge is 0.480 e. The first kappa shape index (κ1) is 18.6. The van der Waals surface area contributed by atoms with E-state index in [9.17, 15) is 18.7 Å². The molecule has 1 aliphatic rings. The molecule has 4 aromatic rings. The average molecular weight is 411 g/mol. The van der Waals surface area contributed by atoms with Crippen LogP contribution in [-0.2, 0) is 24.2 Å². The number of fused-ring (bicyclic) bond motifs is 4. The number of carboxylic acids is 1. The molecule has 5 rings (SSSR count). The van der Waals surface area contributed by atoms with Gasteiger partial charge in [-0.1, -0.05) is 0 Å². The van der Waals surface area contributed by atoms with E-state index in [4.69, 9.17) is 4.42 Å². The molecule has 8 heteroatoms. The van der Waals surface area contributed by atoms with Gasteiger partial charge in [-0.15, -0.1) is 0 Å². The van der Waals surface area contributed by atoms with Gasteiger partial charge in [0.2, 0.25) is 0 Å². The number of likely N-dealkylation sites (N-methyl/N-ethyl adjacent to an activating group) is 1. The van der Waals surface area contributed by atoms with Gasteiger partial charge in [-0.2, -0.15) is 4.98 Å². The Morgan fingerprint density at radius 2 is 2.03 bits per heavy atom. The second-order valence-electron chi connectivity index (χ2n) is 7.68. The number of anilines is 1. The summed E-state index contributed by atoms with van der Waals surface area (Å²) in [6.45, 7) is -0.158. The lowest BCUT2D eigenvalue weighted by atomic mass is 9.90. The summed E-state index contributed by atoms with van der Waals surface area (Å²) in [6, 6.07) is 9.10. The maximum atomic E-state index is 14.0. The van der Waals surface area contributed by atoms with Crippen LogP contribution in [0.1, 0.15) is 17.7 Å². The minimum absolute atomic E-state index is 0.0301. The highest BCUT2D eigenvalue weighted by Crippen LogP contribution is 2.35. The second kappa shape index (κ2) is 6.83. The van der Waals surface area contributed by atoms with E-state index in [2.05, 4.69) is 4.98 Å². The number of hydrogen-bond donors (Lipinski definition) is 1. The lowest BCUT2D eigenvalue weighted by Crippen LogP contribution is -2.37. The van der Waals surface area contributed by atoms with Gasteiger partial charge in [0.05, 0.1) is 0 Å². The van der Waals surface area contributed by atoms with Crippen LogP contribution in [0.15, 0.2) is 40.8 Å². The normalized spacial score (nSPS) is 16.2. The maximum Gasteiger partial charge on any atom is 0.323 e. The van der Waals surface area contributed by atoms with Gasteiger partial charge in [-0.3, -0.25) is 4.79 Å². The molecule has 2 aromatic heterocycles. The molecule has 0 saturated carbocycles. The number of benzene rings is 2. The number of aromatic nitrogens is 2. The molecule has 1 N–H and O–H groups in total. The highest BCUT2D eigenvalue weighted by Gasteiger charge is 2.30. The maximum absolute atomic E-state index is 14.0. The van der Waals surface area contributed by atoms with Crippen LogP contribution in [0.25, 0.3) is 22.0 Å². The first-order chi connectivity index (χ1) is 14.4. The lowest BCUT2D eigenvalue weighted by Gasteiger charge is -2.31. The molecule has 0 fully saturated rings. The van der Waals surface area contributed by atoms with Crippen molar-refractivity contribution in [3.63, 3.8) is 0 Å². The third kappa shape index (κ3) is 2.99. The van der Waals surface area contributed by atoms with E-state index in [1.165, 1.54) is 24.3 Å². The zero-order chi connectivity index (χ0) is 21.0. The van der Waals surface area contributed by atoms with Crippen LogP contribution in [0.5, 0.6) is 0 Å². The third-order valence-electron chi connectivity index (χ3n) is 5.88. The van der Waals surface area contributed by atoms with E-state index in [1.807, 2.05) is 11.9 Å². The van der Waals surface area contributed by atoms with Gasteiger partial charge < -0.3 is 19.0 Å². The van der Waals surface area contributed by atoms with Crippen molar-refractivity contribution >= 4 is 34.0 Å². The van der Waals surface area contributed by atoms with Gasteiger partial charge in [-0.05, 0) is 55.2 Å². The Labute approximate surface area is 170 Å².